The molecule has 25 heavy (non-hydrogen) atoms. The maximum Gasteiger partial charge on any atom is 0.338 e. The third kappa shape index (κ3) is 3.49. The molecule has 1 aliphatic rings. The summed E-state index contributed by atoms with van der Waals surface area (Å²) in [4.78, 5) is 41.2. The summed E-state index contributed by atoms with van der Waals surface area (Å²) in [7, 11) is 0. The Kier molecular flexibility index (Phi) is 4.99. The normalized spacial score (nSPS) is 17.2. The molecule has 1 N–H and O–H groups in total. The van der Waals surface area contributed by atoms with Crippen molar-refractivity contribution in [1.29, 1.82) is 0 Å². The molecule has 1 saturated heterocycles. The molecule has 9 heteroatoms. The zero-order valence-corrected chi connectivity index (χ0v) is 14.8. The summed E-state index contributed by atoms with van der Waals surface area (Å²) in [5, 5.41) is 9.19. The van der Waals surface area contributed by atoms with Crippen molar-refractivity contribution in [2.45, 2.75) is 16.7 Å². The first-order valence-electron chi connectivity index (χ1n) is 7.05. The van der Waals surface area contributed by atoms with Crippen molar-refractivity contribution in [2.75, 3.05) is 4.90 Å². The smallest absolute Gasteiger partial charge is 0.338 e. The van der Waals surface area contributed by atoms with Crippen LogP contribution in [0.25, 0.3) is 0 Å². The largest absolute Gasteiger partial charge is 0.478 e. The Labute approximate surface area is 156 Å². The van der Waals surface area contributed by atoms with Gasteiger partial charge in [-0.1, -0.05) is 35.0 Å². The van der Waals surface area contributed by atoms with E-state index in [0.717, 1.165) is 16.7 Å². The first-order chi connectivity index (χ1) is 11.9. The molecule has 128 valence electrons. The van der Waals surface area contributed by atoms with Crippen LogP contribution >= 0.6 is 35.0 Å². The number of carbonyl (C=O) groups excluding carboxylic acids is 2. The second-order valence-corrected chi connectivity index (χ2v) is 7.17. The standard InChI is InChI=1S/C16H10Cl2N2O4S/c17-8-3-4-11(10(18)6-8)20-13(21)7-12(15(20)22)25-14-9(16(23)24)2-1-5-19-14/h1-6,12H,7H2,(H,23,24)/t12-/m1/s1. The van der Waals surface area contributed by atoms with E-state index in [1.54, 1.807) is 0 Å². The molecule has 2 amide bonds. The number of amides is 2. The van der Waals surface area contributed by atoms with Crippen LogP contribution in [0.5, 0.6) is 0 Å². The van der Waals surface area contributed by atoms with Crippen molar-refractivity contribution >= 4 is 58.4 Å². The number of hydrogen-bond donors (Lipinski definition) is 1. The van der Waals surface area contributed by atoms with Gasteiger partial charge in [-0.05, 0) is 30.3 Å². The lowest BCUT2D eigenvalue weighted by Crippen LogP contribution is -2.31. The van der Waals surface area contributed by atoms with E-state index in [2.05, 4.69) is 4.98 Å². The number of aromatic carboxylic acids is 1. The molecule has 0 saturated carbocycles. The van der Waals surface area contributed by atoms with E-state index in [-0.39, 0.29) is 27.7 Å². The maximum atomic E-state index is 12.7. The molecule has 0 unspecified atom stereocenters. The predicted octanol–water partition coefficient (Wildman–Crippen LogP) is 3.51. The van der Waals surface area contributed by atoms with Crippen LogP contribution in [0.1, 0.15) is 16.8 Å². The molecule has 0 spiro atoms. The average molecular weight is 397 g/mol. The number of halogens is 2. The fourth-order valence-electron chi connectivity index (χ4n) is 2.39. The van der Waals surface area contributed by atoms with Gasteiger partial charge in [0, 0.05) is 17.6 Å². The number of carboxylic acids is 1. The van der Waals surface area contributed by atoms with Gasteiger partial charge in [-0.2, -0.15) is 0 Å². The Morgan fingerprint density at radius 1 is 1.28 bits per heavy atom. The van der Waals surface area contributed by atoms with Crippen LogP contribution < -0.4 is 4.90 Å². The highest BCUT2D eigenvalue weighted by Gasteiger charge is 2.41. The second-order valence-electron chi connectivity index (χ2n) is 5.14. The molecule has 1 atom stereocenters. The molecule has 1 fully saturated rings. The second kappa shape index (κ2) is 7.03. The van der Waals surface area contributed by atoms with Gasteiger partial charge in [-0.3, -0.25) is 9.59 Å². The number of carboxylic acid groups (broad SMARTS) is 1. The van der Waals surface area contributed by atoms with E-state index < -0.39 is 23.0 Å². The highest BCUT2D eigenvalue weighted by molar-refractivity contribution is 8.00. The van der Waals surface area contributed by atoms with Crippen molar-refractivity contribution in [3.05, 3.63) is 52.1 Å². The molecular formula is C16H10Cl2N2O4S. The summed E-state index contributed by atoms with van der Waals surface area (Å²) in [6.45, 7) is 0. The summed E-state index contributed by atoms with van der Waals surface area (Å²) in [5.41, 5.74) is 0.236. The van der Waals surface area contributed by atoms with Crippen LogP contribution in [-0.2, 0) is 9.59 Å². The summed E-state index contributed by atoms with van der Waals surface area (Å²) in [6, 6.07) is 7.37. The number of imide groups is 1. The Morgan fingerprint density at radius 3 is 2.72 bits per heavy atom. The summed E-state index contributed by atoms with van der Waals surface area (Å²) in [6.07, 6.45) is 1.36. The lowest BCUT2D eigenvalue weighted by molar-refractivity contribution is -0.121. The molecule has 0 aliphatic carbocycles. The summed E-state index contributed by atoms with van der Waals surface area (Å²) >= 11 is 12.9. The predicted molar refractivity (Wildman–Crippen MR) is 94.4 cm³/mol. The van der Waals surface area contributed by atoms with Crippen LogP contribution in [0.3, 0.4) is 0 Å². The summed E-state index contributed by atoms with van der Waals surface area (Å²) in [5.74, 6) is -2.04. The minimum Gasteiger partial charge on any atom is -0.478 e. The van der Waals surface area contributed by atoms with Crippen molar-refractivity contribution in [1.82, 2.24) is 4.98 Å². The average Bonchev–Trinajstić information content (AvgIpc) is 2.82. The highest BCUT2D eigenvalue weighted by atomic mass is 35.5. The molecule has 1 aromatic heterocycles. The Bertz CT molecular complexity index is 890. The van der Waals surface area contributed by atoms with Gasteiger partial charge < -0.3 is 5.11 Å². The fraction of sp³-hybridized carbons (Fsp3) is 0.125. The van der Waals surface area contributed by atoms with E-state index in [0.29, 0.717) is 5.02 Å². The molecule has 1 aliphatic heterocycles. The van der Waals surface area contributed by atoms with Gasteiger partial charge in [-0.15, -0.1) is 0 Å². The van der Waals surface area contributed by atoms with Crippen molar-refractivity contribution in [3.63, 3.8) is 0 Å². The molecule has 2 heterocycles. The van der Waals surface area contributed by atoms with Crippen LogP contribution in [0.2, 0.25) is 10.0 Å². The van der Waals surface area contributed by atoms with Gasteiger partial charge >= 0.3 is 5.97 Å². The number of benzene rings is 1. The van der Waals surface area contributed by atoms with Gasteiger partial charge in [0.2, 0.25) is 11.8 Å². The molecule has 0 bridgehead atoms. The molecule has 3 rings (SSSR count). The topological polar surface area (TPSA) is 87.6 Å². The molecule has 1 aromatic carbocycles. The van der Waals surface area contributed by atoms with Crippen LogP contribution in [-0.4, -0.2) is 33.1 Å². The monoisotopic (exact) mass is 396 g/mol. The lowest BCUT2D eigenvalue weighted by Gasteiger charge is -2.16. The van der Waals surface area contributed by atoms with Crippen LogP contribution in [0.4, 0.5) is 5.69 Å². The zero-order valence-electron chi connectivity index (χ0n) is 12.5. The van der Waals surface area contributed by atoms with Gasteiger partial charge in [0.05, 0.1) is 21.5 Å². The van der Waals surface area contributed by atoms with Gasteiger partial charge in [0.25, 0.3) is 0 Å². The number of aromatic nitrogens is 1. The van der Waals surface area contributed by atoms with Crippen molar-refractivity contribution < 1.29 is 19.5 Å². The van der Waals surface area contributed by atoms with Crippen LogP contribution in [0.15, 0.2) is 41.6 Å². The number of thioether (sulfide) groups is 1. The number of anilines is 1. The first-order valence-corrected chi connectivity index (χ1v) is 8.69. The minimum absolute atomic E-state index is 0.0178. The molecule has 0 radical (unpaired) electrons. The molecule has 2 aromatic rings. The van der Waals surface area contributed by atoms with Crippen molar-refractivity contribution in [2.24, 2.45) is 0 Å². The zero-order chi connectivity index (χ0) is 18.1. The number of nitrogens with zero attached hydrogens (tertiary/aromatic N) is 2. The van der Waals surface area contributed by atoms with Crippen LogP contribution in [0, 0.1) is 0 Å². The first kappa shape index (κ1) is 17.7. The number of rotatable bonds is 4. The third-order valence-corrected chi connectivity index (χ3v) is 5.25. The number of hydrogen-bond acceptors (Lipinski definition) is 5. The Hall–Kier alpha value is -2.09. The van der Waals surface area contributed by atoms with E-state index >= 15 is 0 Å². The van der Waals surface area contributed by atoms with Crippen molar-refractivity contribution in [3.8, 4) is 0 Å². The maximum absolute atomic E-state index is 12.7. The quantitative estimate of drug-likeness (QED) is 0.795. The van der Waals surface area contributed by atoms with Gasteiger partial charge in [0.15, 0.2) is 0 Å². The van der Waals surface area contributed by atoms with Gasteiger partial charge in [0.1, 0.15) is 5.03 Å². The number of pyridine rings is 1. The minimum atomic E-state index is -1.15. The Morgan fingerprint density at radius 2 is 2.04 bits per heavy atom. The lowest BCUT2D eigenvalue weighted by atomic mass is 10.3. The SMILES string of the molecule is O=C(O)c1cccnc1S[C@@H]1CC(=O)N(c2ccc(Cl)cc2Cl)C1=O. The van der Waals surface area contributed by atoms with E-state index in [1.807, 2.05) is 0 Å². The summed E-state index contributed by atoms with van der Waals surface area (Å²) < 4.78 is 0. The third-order valence-electron chi connectivity index (χ3n) is 3.51. The highest BCUT2D eigenvalue weighted by Crippen LogP contribution is 2.37. The van der Waals surface area contributed by atoms with Gasteiger partial charge in [-0.25, -0.2) is 14.7 Å². The van der Waals surface area contributed by atoms with E-state index in [4.69, 9.17) is 23.2 Å². The Balaban J connectivity index is 1.88. The molecular weight excluding hydrogens is 387 g/mol. The van der Waals surface area contributed by atoms with E-state index in [1.165, 1.54) is 36.5 Å². The fourth-order valence-corrected chi connectivity index (χ4v) is 3.99. The van der Waals surface area contributed by atoms with E-state index in [9.17, 15) is 19.5 Å². The molecule has 6 nitrogen and oxygen atoms in total. The number of carbonyl (C=O) groups is 3.